The van der Waals surface area contributed by atoms with Gasteiger partial charge in [-0.2, -0.15) is 5.10 Å². The van der Waals surface area contributed by atoms with Crippen LogP contribution in [-0.4, -0.2) is 27.7 Å². The summed E-state index contributed by atoms with van der Waals surface area (Å²) in [6, 6.07) is 1.83. The van der Waals surface area contributed by atoms with Crippen molar-refractivity contribution in [3.63, 3.8) is 0 Å². The van der Waals surface area contributed by atoms with Crippen LogP contribution in [0.1, 0.15) is 16.1 Å². The van der Waals surface area contributed by atoms with Crippen LogP contribution in [0.25, 0.3) is 0 Å². The summed E-state index contributed by atoms with van der Waals surface area (Å²) in [5.41, 5.74) is 2.78. The smallest absolute Gasteiger partial charge is 0.259 e. The van der Waals surface area contributed by atoms with Gasteiger partial charge in [0.25, 0.3) is 5.91 Å². The lowest BCUT2D eigenvalue weighted by Gasteiger charge is -2.09. The number of pyridine rings is 1. The third-order valence-corrected chi connectivity index (χ3v) is 2.52. The molecular formula is C12H15N5O. The van der Waals surface area contributed by atoms with Crippen molar-refractivity contribution in [1.29, 1.82) is 0 Å². The van der Waals surface area contributed by atoms with Gasteiger partial charge >= 0.3 is 0 Å². The molecule has 0 saturated carbocycles. The minimum absolute atomic E-state index is 0.208. The van der Waals surface area contributed by atoms with E-state index in [2.05, 4.69) is 20.7 Å². The van der Waals surface area contributed by atoms with Crippen LogP contribution in [-0.2, 0) is 7.05 Å². The first kappa shape index (κ1) is 12.1. The Hall–Kier alpha value is -2.37. The van der Waals surface area contributed by atoms with Gasteiger partial charge in [0, 0.05) is 32.2 Å². The maximum atomic E-state index is 12.1. The summed E-state index contributed by atoms with van der Waals surface area (Å²) in [7, 11) is 3.57. The van der Waals surface area contributed by atoms with Crippen molar-refractivity contribution >= 4 is 17.3 Å². The number of aryl methyl sites for hydroxylation is 2. The van der Waals surface area contributed by atoms with Crippen LogP contribution in [0.3, 0.4) is 0 Å². The van der Waals surface area contributed by atoms with Gasteiger partial charge in [0.2, 0.25) is 0 Å². The summed E-state index contributed by atoms with van der Waals surface area (Å²) < 4.78 is 1.63. The fourth-order valence-corrected chi connectivity index (χ4v) is 1.63. The molecule has 2 aromatic rings. The van der Waals surface area contributed by atoms with Crippen LogP contribution >= 0.6 is 0 Å². The van der Waals surface area contributed by atoms with Gasteiger partial charge < -0.3 is 10.6 Å². The molecule has 0 aliphatic carbocycles. The molecule has 2 rings (SSSR count). The molecule has 6 nitrogen and oxygen atoms in total. The van der Waals surface area contributed by atoms with Crippen LogP contribution in [0.15, 0.2) is 24.7 Å². The average molecular weight is 245 g/mol. The molecule has 0 fully saturated rings. The molecule has 0 aliphatic heterocycles. The van der Waals surface area contributed by atoms with E-state index in [1.807, 2.05) is 13.0 Å². The Morgan fingerprint density at radius 3 is 2.78 bits per heavy atom. The highest BCUT2D eigenvalue weighted by atomic mass is 16.1. The topological polar surface area (TPSA) is 71.8 Å². The molecule has 0 spiro atoms. The maximum Gasteiger partial charge on any atom is 0.259 e. The van der Waals surface area contributed by atoms with Gasteiger partial charge in [0.15, 0.2) is 0 Å². The van der Waals surface area contributed by atoms with Gasteiger partial charge in [-0.3, -0.25) is 14.5 Å². The lowest BCUT2D eigenvalue weighted by molar-refractivity contribution is 0.102. The predicted octanol–water partition coefficient (Wildman–Crippen LogP) is 1.42. The van der Waals surface area contributed by atoms with Crippen molar-refractivity contribution in [2.75, 3.05) is 17.7 Å². The van der Waals surface area contributed by atoms with E-state index >= 15 is 0 Å². The minimum atomic E-state index is -0.208. The van der Waals surface area contributed by atoms with Gasteiger partial charge in [-0.1, -0.05) is 0 Å². The van der Waals surface area contributed by atoms with E-state index in [0.717, 1.165) is 11.4 Å². The second kappa shape index (κ2) is 4.87. The molecule has 0 unspecified atom stereocenters. The summed E-state index contributed by atoms with van der Waals surface area (Å²) in [5, 5.41) is 9.75. The van der Waals surface area contributed by atoms with Gasteiger partial charge in [0.05, 0.1) is 23.1 Å². The SMILES string of the molecule is CNc1cc(C)ncc1C(=O)Nc1cnn(C)c1. The fraction of sp³-hybridized carbons (Fsp3) is 0.250. The Bertz CT molecular complexity index is 576. The molecule has 2 heterocycles. The Kier molecular flexibility index (Phi) is 3.27. The van der Waals surface area contributed by atoms with Crippen LogP contribution in [0, 0.1) is 6.92 Å². The van der Waals surface area contributed by atoms with E-state index in [9.17, 15) is 4.79 Å². The molecular weight excluding hydrogens is 230 g/mol. The second-order valence-corrected chi connectivity index (χ2v) is 3.98. The zero-order valence-corrected chi connectivity index (χ0v) is 10.6. The summed E-state index contributed by atoms with van der Waals surface area (Å²) >= 11 is 0. The first-order valence-corrected chi connectivity index (χ1v) is 5.54. The second-order valence-electron chi connectivity index (χ2n) is 3.98. The van der Waals surface area contributed by atoms with Crippen molar-refractivity contribution in [3.8, 4) is 0 Å². The number of anilines is 2. The van der Waals surface area contributed by atoms with Crippen molar-refractivity contribution in [2.24, 2.45) is 7.05 Å². The van der Waals surface area contributed by atoms with Crippen LogP contribution in [0.4, 0.5) is 11.4 Å². The molecule has 0 saturated heterocycles. The van der Waals surface area contributed by atoms with Crippen molar-refractivity contribution in [1.82, 2.24) is 14.8 Å². The molecule has 0 aromatic carbocycles. The van der Waals surface area contributed by atoms with E-state index in [1.54, 1.807) is 37.4 Å². The predicted molar refractivity (Wildman–Crippen MR) is 69.7 cm³/mol. The third kappa shape index (κ3) is 2.48. The number of carbonyl (C=O) groups excluding carboxylic acids is 1. The minimum Gasteiger partial charge on any atom is -0.387 e. The normalized spacial score (nSPS) is 10.2. The molecule has 2 N–H and O–H groups in total. The van der Waals surface area contributed by atoms with Gasteiger partial charge in [-0.15, -0.1) is 0 Å². The number of nitrogens with zero attached hydrogens (tertiary/aromatic N) is 3. The van der Waals surface area contributed by atoms with E-state index in [1.165, 1.54) is 0 Å². The van der Waals surface area contributed by atoms with E-state index in [-0.39, 0.29) is 5.91 Å². The molecule has 2 aromatic heterocycles. The summed E-state index contributed by atoms with van der Waals surface area (Å²) in [6.07, 6.45) is 4.89. The van der Waals surface area contributed by atoms with Gasteiger partial charge in [-0.25, -0.2) is 0 Å². The molecule has 0 aliphatic rings. The summed E-state index contributed by atoms with van der Waals surface area (Å²) in [6.45, 7) is 1.88. The number of hydrogen-bond donors (Lipinski definition) is 2. The molecule has 0 bridgehead atoms. The average Bonchev–Trinajstić information content (AvgIpc) is 2.74. The first-order chi connectivity index (χ1) is 8.60. The number of aromatic nitrogens is 3. The van der Waals surface area contributed by atoms with E-state index in [0.29, 0.717) is 11.3 Å². The molecule has 0 radical (unpaired) electrons. The lowest BCUT2D eigenvalue weighted by Crippen LogP contribution is -2.14. The van der Waals surface area contributed by atoms with Crippen LogP contribution in [0.2, 0.25) is 0 Å². The first-order valence-electron chi connectivity index (χ1n) is 5.54. The summed E-state index contributed by atoms with van der Waals surface area (Å²) in [5.74, 6) is -0.208. The Morgan fingerprint density at radius 2 is 2.17 bits per heavy atom. The van der Waals surface area contributed by atoms with E-state index < -0.39 is 0 Å². The van der Waals surface area contributed by atoms with Crippen molar-refractivity contribution in [3.05, 3.63) is 35.9 Å². The third-order valence-electron chi connectivity index (χ3n) is 2.52. The summed E-state index contributed by atoms with van der Waals surface area (Å²) in [4.78, 5) is 16.2. The molecule has 18 heavy (non-hydrogen) atoms. The van der Waals surface area contributed by atoms with Crippen molar-refractivity contribution < 1.29 is 4.79 Å². The fourth-order valence-electron chi connectivity index (χ4n) is 1.63. The molecule has 94 valence electrons. The quantitative estimate of drug-likeness (QED) is 0.857. The number of nitrogens with one attached hydrogen (secondary N) is 2. The lowest BCUT2D eigenvalue weighted by atomic mass is 10.2. The Labute approximate surface area is 105 Å². The number of carbonyl (C=O) groups is 1. The highest BCUT2D eigenvalue weighted by molar-refractivity contribution is 6.07. The molecule has 6 heteroatoms. The monoisotopic (exact) mass is 245 g/mol. The van der Waals surface area contributed by atoms with Crippen LogP contribution in [0.5, 0.6) is 0 Å². The number of hydrogen-bond acceptors (Lipinski definition) is 4. The largest absolute Gasteiger partial charge is 0.387 e. The van der Waals surface area contributed by atoms with Crippen LogP contribution < -0.4 is 10.6 Å². The van der Waals surface area contributed by atoms with Gasteiger partial charge in [0.1, 0.15) is 0 Å². The zero-order chi connectivity index (χ0) is 13.1. The maximum absolute atomic E-state index is 12.1. The molecule has 0 atom stereocenters. The van der Waals surface area contributed by atoms with Crippen molar-refractivity contribution in [2.45, 2.75) is 6.92 Å². The highest BCUT2D eigenvalue weighted by Crippen LogP contribution is 2.16. The zero-order valence-electron chi connectivity index (χ0n) is 10.6. The van der Waals surface area contributed by atoms with E-state index in [4.69, 9.17) is 0 Å². The van der Waals surface area contributed by atoms with Gasteiger partial charge in [-0.05, 0) is 13.0 Å². The Balaban J connectivity index is 2.23. The Morgan fingerprint density at radius 1 is 1.39 bits per heavy atom. The standard InChI is InChI=1S/C12H15N5O/c1-8-4-11(13-2)10(6-14-8)12(18)16-9-5-15-17(3)7-9/h4-7H,1-3H3,(H,13,14)(H,16,18). The molecule has 1 amide bonds. The number of rotatable bonds is 3. The number of amides is 1. The highest BCUT2D eigenvalue weighted by Gasteiger charge is 2.12.